The van der Waals surface area contributed by atoms with Gasteiger partial charge < -0.3 is 48.3 Å². The number of carbonyl (C=O) groups excluding carboxylic acids is 3. The third-order valence-electron chi connectivity index (χ3n) is 7.27. The Kier molecular flexibility index (Phi) is 12.3. The predicted molar refractivity (Wildman–Crippen MR) is 170 cm³/mol. The predicted octanol–water partition coefficient (Wildman–Crippen LogP) is 0.235. The second-order valence-corrected chi connectivity index (χ2v) is 11.2. The Labute approximate surface area is 260 Å². The summed E-state index contributed by atoms with van der Waals surface area (Å²) in [7, 11) is 0. The molecule has 14 nitrogen and oxygen atoms in total. The van der Waals surface area contributed by atoms with E-state index in [9.17, 15) is 29.4 Å². The van der Waals surface area contributed by atoms with E-state index < -0.39 is 47.9 Å². The van der Waals surface area contributed by atoms with Gasteiger partial charge in [-0.05, 0) is 54.5 Å². The van der Waals surface area contributed by atoms with Crippen molar-refractivity contribution in [2.75, 3.05) is 6.54 Å². The fraction of sp³-hybridized carbons (Fsp3) is 0.387. The number of nitrogens with zero attached hydrogens (tertiary/aromatic N) is 1. The van der Waals surface area contributed by atoms with Crippen molar-refractivity contribution in [2.24, 2.45) is 28.1 Å². The van der Waals surface area contributed by atoms with Gasteiger partial charge in [0.05, 0.1) is 6.04 Å². The molecule has 2 aromatic carbocycles. The third-order valence-corrected chi connectivity index (χ3v) is 7.27. The van der Waals surface area contributed by atoms with E-state index in [2.05, 4.69) is 25.9 Å². The number of benzene rings is 2. The van der Waals surface area contributed by atoms with E-state index in [-0.39, 0.29) is 49.9 Å². The number of rotatable bonds is 16. The Hall–Kier alpha value is -5.11. The number of carboxylic acids is 1. The molecule has 3 amide bonds. The lowest BCUT2D eigenvalue weighted by Crippen LogP contribution is -2.59. The molecule has 0 spiro atoms. The number of amides is 3. The van der Waals surface area contributed by atoms with Gasteiger partial charge in [-0.15, -0.1) is 0 Å². The van der Waals surface area contributed by atoms with E-state index in [1.54, 1.807) is 32.2 Å². The quantitative estimate of drug-likeness (QED) is 0.0601. The number of nitrogens with two attached hydrogens (primary N) is 3. The van der Waals surface area contributed by atoms with Gasteiger partial charge in [-0.3, -0.25) is 19.4 Å². The number of hydrogen-bond acceptors (Lipinski definition) is 7. The summed E-state index contributed by atoms with van der Waals surface area (Å²) in [6.07, 6.45) is 2.33. The highest BCUT2D eigenvalue weighted by Crippen LogP contribution is 2.19. The molecule has 45 heavy (non-hydrogen) atoms. The van der Waals surface area contributed by atoms with Crippen LogP contribution in [0.4, 0.5) is 0 Å². The Morgan fingerprint density at radius 1 is 0.889 bits per heavy atom. The molecule has 1 aromatic heterocycles. The number of H-pyrrole nitrogens is 1. The Balaban J connectivity index is 1.73. The zero-order chi connectivity index (χ0) is 33.1. The zero-order valence-corrected chi connectivity index (χ0v) is 25.3. The van der Waals surface area contributed by atoms with Gasteiger partial charge in [-0.1, -0.05) is 44.2 Å². The molecule has 14 heteroatoms. The monoisotopic (exact) mass is 622 g/mol. The minimum Gasteiger partial charge on any atom is -0.508 e. The topological polar surface area (TPSA) is 251 Å². The number of carbonyl (C=O) groups is 4. The molecule has 3 aromatic rings. The van der Waals surface area contributed by atoms with E-state index in [1.165, 1.54) is 12.1 Å². The SMILES string of the molecule is CC(C)C(NC(=O)C(N)Cc1c[nH]c2ccccc12)C(=O)NC(Cc1ccc(O)cc1)C(=O)NC(CCCN=C(N)N)C(=O)O. The fourth-order valence-corrected chi connectivity index (χ4v) is 4.80. The third kappa shape index (κ3) is 10.2. The lowest BCUT2D eigenvalue weighted by Gasteiger charge is -2.27. The molecule has 242 valence electrons. The first-order chi connectivity index (χ1) is 21.3. The molecule has 0 aliphatic carbocycles. The molecule has 4 atom stereocenters. The number of aromatic hydroxyl groups is 1. The van der Waals surface area contributed by atoms with Gasteiger partial charge in [-0.25, -0.2) is 4.79 Å². The molecular weight excluding hydrogens is 580 g/mol. The van der Waals surface area contributed by atoms with Gasteiger partial charge >= 0.3 is 5.97 Å². The summed E-state index contributed by atoms with van der Waals surface area (Å²) in [5.74, 6) is -3.68. The molecule has 0 aliphatic rings. The van der Waals surface area contributed by atoms with Crippen molar-refractivity contribution >= 4 is 40.6 Å². The maximum Gasteiger partial charge on any atom is 0.326 e. The lowest BCUT2D eigenvalue weighted by atomic mass is 9.99. The highest BCUT2D eigenvalue weighted by atomic mass is 16.4. The number of para-hydroxylation sites is 1. The summed E-state index contributed by atoms with van der Waals surface area (Å²) in [4.78, 5) is 58.9. The van der Waals surface area contributed by atoms with Crippen molar-refractivity contribution in [1.82, 2.24) is 20.9 Å². The minimum atomic E-state index is -1.27. The van der Waals surface area contributed by atoms with E-state index in [1.807, 2.05) is 24.3 Å². The van der Waals surface area contributed by atoms with Gasteiger partial charge in [0.1, 0.15) is 23.9 Å². The minimum absolute atomic E-state index is 0.0158. The molecule has 1 heterocycles. The summed E-state index contributed by atoms with van der Waals surface area (Å²) in [6.45, 7) is 3.65. The normalized spacial score (nSPS) is 13.8. The van der Waals surface area contributed by atoms with Crippen LogP contribution in [0.2, 0.25) is 0 Å². The van der Waals surface area contributed by atoms with Crippen LogP contribution in [0.15, 0.2) is 59.7 Å². The number of hydrogen-bond donors (Lipinski definition) is 9. The zero-order valence-electron chi connectivity index (χ0n) is 25.3. The molecular formula is C31H42N8O6. The van der Waals surface area contributed by atoms with Gasteiger partial charge in [0.25, 0.3) is 0 Å². The number of aliphatic carboxylic acids is 1. The summed E-state index contributed by atoms with van der Waals surface area (Å²) in [5.41, 5.74) is 19.2. The molecule has 0 bridgehead atoms. The summed E-state index contributed by atoms with van der Waals surface area (Å²) in [6, 6.07) is 9.18. The Bertz CT molecular complexity index is 1500. The van der Waals surface area contributed by atoms with E-state index in [0.29, 0.717) is 5.56 Å². The number of fused-ring (bicyclic) bond motifs is 1. The Morgan fingerprint density at radius 3 is 2.20 bits per heavy atom. The number of phenols is 1. The highest BCUT2D eigenvalue weighted by molar-refractivity contribution is 5.94. The van der Waals surface area contributed by atoms with E-state index >= 15 is 0 Å². The largest absolute Gasteiger partial charge is 0.508 e. The van der Waals surface area contributed by atoms with Crippen LogP contribution in [-0.4, -0.2) is 75.6 Å². The first-order valence-electron chi connectivity index (χ1n) is 14.6. The highest BCUT2D eigenvalue weighted by Gasteiger charge is 2.32. The summed E-state index contributed by atoms with van der Waals surface area (Å²) in [5, 5.41) is 28.2. The second-order valence-electron chi connectivity index (χ2n) is 11.2. The molecule has 12 N–H and O–H groups in total. The molecule has 3 rings (SSSR count). The molecule has 0 saturated heterocycles. The van der Waals surface area contributed by atoms with Gasteiger partial charge in [0.2, 0.25) is 17.7 Å². The first kappa shape index (κ1) is 34.4. The first-order valence-corrected chi connectivity index (χ1v) is 14.6. The standard InChI is InChI=1S/C31H42N8O6/c1-17(2)26(39-27(41)22(32)15-19-16-36-23-7-4-3-6-21(19)23)29(43)38-25(14-18-9-11-20(40)12-10-18)28(42)37-24(30(44)45)8-5-13-35-31(33)34/h3-4,6-7,9-12,16-17,22,24-26,36,40H,5,8,13-15,32H2,1-2H3,(H,37,42)(H,38,43)(H,39,41)(H,44,45)(H4,33,34,35). The van der Waals surface area contributed by atoms with Crippen LogP contribution in [0.25, 0.3) is 10.9 Å². The van der Waals surface area contributed by atoms with Crippen molar-refractivity contribution in [3.05, 3.63) is 65.9 Å². The van der Waals surface area contributed by atoms with E-state index in [4.69, 9.17) is 17.2 Å². The maximum atomic E-state index is 13.5. The van der Waals surface area contributed by atoms with Crippen LogP contribution in [0.5, 0.6) is 5.75 Å². The van der Waals surface area contributed by atoms with Crippen molar-refractivity contribution in [3.8, 4) is 5.75 Å². The van der Waals surface area contributed by atoms with Crippen molar-refractivity contribution in [3.63, 3.8) is 0 Å². The van der Waals surface area contributed by atoms with Gasteiger partial charge in [0.15, 0.2) is 5.96 Å². The molecule has 0 aliphatic heterocycles. The molecule has 0 fully saturated rings. The Morgan fingerprint density at radius 2 is 1.56 bits per heavy atom. The number of guanidine groups is 1. The number of carboxylic acid groups (broad SMARTS) is 1. The molecule has 0 radical (unpaired) electrons. The van der Waals surface area contributed by atoms with Crippen molar-refractivity contribution in [2.45, 2.75) is 63.7 Å². The molecule has 0 saturated carbocycles. The summed E-state index contributed by atoms with van der Waals surface area (Å²) >= 11 is 0. The van der Waals surface area contributed by atoms with Gasteiger partial charge in [-0.2, -0.15) is 0 Å². The average Bonchev–Trinajstić information content (AvgIpc) is 3.39. The van der Waals surface area contributed by atoms with E-state index in [0.717, 1.165) is 16.5 Å². The van der Waals surface area contributed by atoms with Crippen molar-refractivity contribution < 1.29 is 29.4 Å². The van der Waals surface area contributed by atoms with Crippen LogP contribution in [0, 0.1) is 5.92 Å². The summed E-state index contributed by atoms with van der Waals surface area (Å²) < 4.78 is 0. The number of aromatic nitrogens is 1. The van der Waals surface area contributed by atoms with Gasteiger partial charge in [0, 0.05) is 30.1 Å². The smallest absolute Gasteiger partial charge is 0.326 e. The fourth-order valence-electron chi connectivity index (χ4n) is 4.80. The number of nitrogens with one attached hydrogen (secondary N) is 4. The number of aromatic amines is 1. The molecule has 4 unspecified atom stereocenters. The number of phenolic OH excluding ortho intramolecular Hbond substituents is 1. The average molecular weight is 623 g/mol. The van der Waals surface area contributed by atoms with Crippen molar-refractivity contribution in [1.29, 1.82) is 0 Å². The van der Waals surface area contributed by atoms with Crippen LogP contribution in [0.3, 0.4) is 0 Å². The van der Waals surface area contributed by atoms with Crippen LogP contribution in [-0.2, 0) is 32.0 Å². The second kappa shape index (κ2) is 16.1. The van der Waals surface area contributed by atoms with Crippen LogP contribution < -0.4 is 33.2 Å². The van der Waals surface area contributed by atoms with Crippen LogP contribution >= 0.6 is 0 Å². The maximum absolute atomic E-state index is 13.5. The van der Waals surface area contributed by atoms with Crippen LogP contribution in [0.1, 0.15) is 37.8 Å². The number of aliphatic imine (C=N–C) groups is 1. The lowest BCUT2D eigenvalue weighted by molar-refractivity contribution is -0.142.